The smallest absolute Gasteiger partial charge is 0.271 e. The summed E-state index contributed by atoms with van der Waals surface area (Å²) in [6, 6.07) is 9.26. The summed E-state index contributed by atoms with van der Waals surface area (Å²) in [5, 5.41) is 13.3. The van der Waals surface area contributed by atoms with Crippen LogP contribution in [0, 0.1) is 10.1 Å². The van der Waals surface area contributed by atoms with E-state index in [2.05, 4.69) is 5.32 Å². The molecular weight excluding hydrogens is 398 g/mol. The molecule has 0 aromatic heterocycles. The molecule has 1 N–H and O–H groups in total. The second kappa shape index (κ2) is 8.33. The van der Waals surface area contributed by atoms with Crippen molar-refractivity contribution in [2.24, 2.45) is 0 Å². The number of amides is 1. The van der Waals surface area contributed by atoms with Gasteiger partial charge in [0.1, 0.15) is 5.75 Å². The van der Waals surface area contributed by atoms with E-state index in [0.29, 0.717) is 5.75 Å². The lowest BCUT2D eigenvalue weighted by molar-refractivity contribution is -0.384. The highest BCUT2D eigenvalue weighted by Gasteiger charge is 2.23. The summed E-state index contributed by atoms with van der Waals surface area (Å²) in [5.74, 6) is -0.202. The minimum absolute atomic E-state index is 0.00742. The van der Waals surface area contributed by atoms with Crippen LogP contribution in [-0.2, 0) is 14.8 Å². The molecule has 2 rings (SSSR count). The number of sulfonamides is 1. The summed E-state index contributed by atoms with van der Waals surface area (Å²) in [7, 11) is -1.21. The molecule has 0 saturated carbocycles. The van der Waals surface area contributed by atoms with Crippen molar-refractivity contribution in [3.63, 3.8) is 0 Å². The third-order valence-corrected chi connectivity index (χ3v) is 5.72. The zero-order valence-corrected chi connectivity index (χ0v) is 16.0. The van der Waals surface area contributed by atoms with Crippen molar-refractivity contribution < 1.29 is 22.9 Å². The van der Waals surface area contributed by atoms with Crippen molar-refractivity contribution in [1.29, 1.82) is 0 Å². The fourth-order valence-electron chi connectivity index (χ4n) is 2.13. The number of anilines is 1. The molecule has 0 spiro atoms. The standard InChI is InChI=1S/C16H16ClN3O6S/c1-19(27(24,25)13-6-4-12(26-2)5-7-13)10-16(21)18-15-9-11(20(22)23)3-8-14(15)17/h3-9H,10H2,1-2H3,(H,18,21). The number of halogens is 1. The lowest BCUT2D eigenvalue weighted by atomic mass is 10.3. The number of carbonyl (C=O) groups excluding carboxylic acids is 1. The molecule has 0 saturated heterocycles. The molecule has 9 nitrogen and oxygen atoms in total. The first-order valence-electron chi connectivity index (χ1n) is 7.49. The lowest BCUT2D eigenvalue weighted by Gasteiger charge is -2.17. The van der Waals surface area contributed by atoms with Crippen LogP contribution in [0.15, 0.2) is 47.4 Å². The van der Waals surface area contributed by atoms with Crippen molar-refractivity contribution in [1.82, 2.24) is 4.31 Å². The highest BCUT2D eigenvalue weighted by atomic mass is 35.5. The molecule has 0 aliphatic carbocycles. The number of non-ortho nitro benzene ring substituents is 1. The minimum atomic E-state index is -3.91. The summed E-state index contributed by atoms with van der Waals surface area (Å²) in [4.78, 5) is 22.3. The Morgan fingerprint density at radius 3 is 2.44 bits per heavy atom. The predicted molar refractivity (Wildman–Crippen MR) is 99.5 cm³/mol. The van der Waals surface area contributed by atoms with Crippen LogP contribution in [0.25, 0.3) is 0 Å². The average molecular weight is 414 g/mol. The number of rotatable bonds is 7. The Hall–Kier alpha value is -2.69. The van der Waals surface area contributed by atoms with Gasteiger partial charge in [-0.05, 0) is 30.3 Å². The van der Waals surface area contributed by atoms with Gasteiger partial charge in [0.2, 0.25) is 15.9 Å². The number of nitrogens with one attached hydrogen (secondary N) is 1. The van der Waals surface area contributed by atoms with E-state index in [4.69, 9.17) is 16.3 Å². The maximum Gasteiger partial charge on any atom is 0.271 e. The van der Waals surface area contributed by atoms with Gasteiger partial charge in [-0.3, -0.25) is 14.9 Å². The Morgan fingerprint density at radius 1 is 1.26 bits per heavy atom. The van der Waals surface area contributed by atoms with Gasteiger partial charge in [0.15, 0.2) is 0 Å². The van der Waals surface area contributed by atoms with E-state index < -0.39 is 27.4 Å². The van der Waals surface area contributed by atoms with Crippen molar-refractivity contribution in [3.05, 3.63) is 57.6 Å². The Labute approximate surface area is 160 Å². The number of carbonyl (C=O) groups is 1. The van der Waals surface area contributed by atoms with Gasteiger partial charge in [0, 0.05) is 19.2 Å². The molecule has 27 heavy (non-hydrogen) atoms. The summed E-state index contributed by atoms with van der Waals surface area (Å²) >= 11 is 5.91. The van der Waals surface area contributed by atoms with Crippen LogP contribution in [0.5, 0.6) is 5.75 Å². The molecule has 144 valence electrons. The van der Waals surface area contributed by atoms with Crippen LogP contribution in [0.4, 0.5) is 11.4 Å². The fraction of sp³-hybridized carbons (Fsp3) is 0.188. The molecule has 0 aliphatic rings. The van der Waals surface area contributed by atoms with E-state index in [1.54, 1.807) is 0 Å². The fourth-order valence-corrected chi connectivity index (χ4v) is 3.42. The van der Waals surface area contributed by atoms with Gasteiger partial charge in [-0.25, -0.2) is 8.42 Å². The quantitative estimate of drug-likeness (QED) is 0.550. The number of nitro benzene ring substituents is 1. The number of benzene rings is 2. The second-order valence-electron chi connectivity index (χ2n) is 5.41. The van der Waals surface area contributed by atoms with Crippen LogP contribution in [-0.4, -0.2) is 44.3 Å². The highest BCUT2D eigenvalue weighted by molar-refractivity contribution is 7.89. The van der Waals surface area contributed by atoms with E-state index in [1.165, 1.54) is 50.6 Å². The largest absolute Gasteiger partial charge is 0.497 e. The van der Waals surface area contributed by atoms with E-state index in [9.17, 15) is 23.3 Å². The number of nitrogens with zero attached hydrogens (tertiary/aromatic N) is 2. The molecule has 0 aliphatic heterocycles. The number of hydrogen-bond donors (Lipinski definition) is 1. The minimum Gasteiger partial charge on any atom is -0.497 e. The predicted octanol–water partition coefficient (Wildman–Crippen LogP) is 2.52. The number of nitro groups is 1. The molecule has 0 radical (unpaired) electrons. The molecule has 0 unspecified atom stereocenters. The van der Waals surface area contributed by atoms with E-state index in [0.717, 1.165) is 10.4 Å². The molecule has 0 fully saturated rings. The van der Waals surface area contributed by atoms with Crippen LogP contribution < -0.4 is 10.1 Å². The molecule has 2 aromatic rings. The van der Waals surface area contributed by atoms with Crippen molar-refractivity contribution >= 4 is 38.9 Å². The number of methoxy groups -OCH3 is 1. The first-order chi connectivity index (χ1) is 12.6. The van der Waals surface area contributed by atoms with Gasteiger partial charge >= 0.3 is 0 Å². The van der Waals surface area contributed by atoms with Crippen molar-refractivity contribution in [2.45, 2.75) is 4.90 Å². The van der Waals surface area contributed by atoms with Gasteiger partial charge in [-0.2, -0.15) is 4.31 Å². The molecule has 2 aromatic carbocycles. The average Bonchev–Trinajstić information content (AvgIpc) is 2.63. The van der Waals surface area contributed by atoms with Gasteiger partial charge in [0.05, 0.1) is 34.2 Å². The van der Waals surface area contributed by atoms with Crippen LogP contribution in [0.1, 0.15) is 0 Å². The van der Waals surface area contributed by atoms with Crippen LogP contribution >= 0.6 is 11.6 Å². The van der Waals surface area contributed by atoms with E-state index in [1.807, 2.05) is 0 Å². The normalized spacial score (nSPS) is 11.3. The number of ether oxygens (including phenoxy) is 1. The van der Waals surface area contributed by atoms with Crippen molar-refractivity contribution in [2.75, 3.05) is 26.0 Å². The zero-order valence-electron chi connectivity index (χ0n) is 14.4. The summed E-state index contributed by atoms with van der Waals surface area (Å²) in [6.07, 6.45) is 0. The molecule has 0 atom stereocenters. The zero-order chi connectivity index (χ0) is 20.2. The van der Waals surface area contributed by atoms with Gasteiger partial charge in [-0.15, -0.1) is 0 Å². The molecule has 1 amide bonds. The second-order valence-corrected chi connectivity index (χ2v) is 7.86. The molecule has 0 heterocycles. The van der Waals surface area contributed by atoms with Crippen LogP contribution in [0.2, 0.25) is 5.02 Å². The number of hydrogen-bond acceptors (Lipinski definition) is 6. The molecule has 11 heteroatoms. The Morgan fingerprint density at radius 2 is 1.89 bits per heavy atom. The third-order valence-electron chi connectivity index (χ3n) is 3.57. The number of likely N-dealkylation sites (N-methyl/N-ethyl adjacent to an activating group) is 1. The first-order valence-corrected chi connectivity index (χ1v) is 9.31. The summed E-state index contributed by atoms with van der Waals surface area (Å²) in [5.41, 5.74) is -0.236. The van der Waals surface area contributed by atoms with E-state index in [-0.39, 0.29) is 21.3 Å². The maximum absolute atomic E-state index is 12.5. The Bertz CT molecular complexity index is 963. The molecule has 0 bridgehead atoms. The van der Waals surface area contributed by atoms with Gasteiger partial charge in [-0.1, -0.05) is 11.6 Å². The monoisotopic (exact) mass is 413 g/mol. The summed E-state index contributed by atoms with van der Waals surface area (Å²) < 4.78 is 30.9. The third kappa shape index (κ3) is 4.94. The molecular formula is C16H16ClN3O6S. The SMILES string of the molecule is COc1ccc(S(=O)(=O)N(C)CC(=O)Nc2cc([N+](=O)[O-])ccc2Cl)cc1. The van der Waals surface area contributed by atoms with Crippen molar-refractivity contribution in [3.8, 4) is 5.75 Å². The topological polar surface area (TPSA) is 119 Å². The van der Waals surface area contributed by atoms with Crippen LogP contribution in [0.3, 0.4) is 0 Å². The van der Waals surface area contributed by atoms with Gasteiger partial charge < -0.3 is 10.1 Å². The Kier molecular flexibility index (Phi) is 6.37. The Balaban J connectivity index is 2.12. The van der Waals surface area contributed by atoms with Gasteiger partial charge in [0.25, 0.3) is 5.69 Å². The lowest BCUT2D eigenvalue weighted by Crippen LogP contribution is -2.35. The van der Waals surface area contributed by atoms with E-state index >= 15 is 0 Å². The maximum atomic E-state index is 12.5. The first kappa shape index (κ1) is 20.6. The highest BCUT2D eigenvalue weighted by Crippen LogP contribution is 2.26. The summed E-state index contributed by atoms with van der Waals surface area (Å²) in [6.45, 7) is -0.507.